The summed E-state index contributed by atoms with van der Waals surface area (Å²) in [5.74, 6) is -8.73. The molecule has 0 aliphatic carbocycles. The topological polar surface area (TPSA) is 380 Å². The van der Waals surface area contributed by atoms with Crippen LogP contribution in [0.2, 0.25) is 0 Å². The van der Waals surface area contributed by atoms with Gasteiger partial charge in [-0.2, -0.15) is 0 Å². The third kappa shape index (κ3) is 20.8. The minimum absolute atomic E-state index is 0.0519. The maximum Gasteiger partial charge on any atom is 0.326 e. The van der Waals surface area contributed by atoms with E-state index in [1.54, 1.807) is 27.7 Å². The van der Waals surface area contributed by atoms with Crippen LogP contribution in [0.1, 0.15) is 80.1 Å². The number of hydrogen-bond acceptors (Lipinski definition) is 12. The number of nitrogens with two attached hydrogens (primary N) is 3. The lowest BCUT2D eigenvalue weighted by Crippen LogP contribution is -2.60. The number of carbonyl (C=O) groups excluding carboxylic acids is 6. The molecule has 0 aliphatic rings. The normalized spacial score (nSPS) is 15.5. The summed E-state index contributed by atoms with van der Waals surface area (Å²) < 4.78 is 0. The third-order valence-electron chi connectivity index (χ3n) is 7.81. The van der Waals surface area contributed by atoms with E-state index in [1.165, 1.54) is 6.92 Å². The first kappa shape index (κ1) is 49.9. The maximum absolute atomic E-state index is 13.4. The Labute approximate surface area is 319 Å². The number of guanidine groups is 1. The Morgan fingerprint density at radius 2 is 1.11 bits per heavy atom. The highest BCUT2D eigenvalue weighted by Gasteiger charge is 2.34. The van der Waals surface area contributed by atoms with Crippen LogP contribution in [0.25, 0.3) is 0 Å². The molecule has 22 heteroatoms. The van der Waals surface area contributed by atoms with Gasteiger partial charge in [0, 0.05) is 13.0 Å². The zero-order chi connectivity index (χ0) is 42.6. The number of carboxylic acid groups (broad SMARTS) is 2. The molecule has 22 nitrogen and oxygen atoms in total. The molecule has 16 N–H and O–H groups in total. The first-order valence-corrected chi connectivity index (χ1v) is 17.9. The Balaban J connectivity index is 5.76. The Bertz CT molecular complexity index is 1350. The molecule has 0 aliphatic heterocycles. The fraction of sp³-hybridized carbons (Fsp3) is 0.727. The van der Waals surface area contributed by atoms with Crippen LogP contribution in [0, 0.1) is 11.8 Å². The molecule has 0 spiro atoms. The predicted molar refractivity (Wildman–Crippen MR) is 197 cm³/mol. The number of nitrogens with one attached hydrogen (secondary N) is 6. The molecule has 0 saturated carbocycles. The zero-order valence-electron chi connectivity index (χ0n) is 32.2. The van der Waals surface area contributed by atoms with Gasteiger partial charge >= 0.3 is 11.9 Å². The summed E-state index contributed by atoms with van der Waals surface area (Å²) in [6, 6.07) is -8.49. The van der Waals surface area contributed by atoms with Crippen molar-refractivity contribution in [1.82, 2.24) is 31.9 Å². The third-order valence-corrected chi connectivity index (χ3v) is 7.81. The van der Waals surface area contributed by atoms with Gasteiger partial charge in [0.2, 0.25) is 35.4 Å². The molecule has 0 rings (SSSR count). The fourth-order valence-electron chi connectivity index (χ4n) is 4.96. The van der Waals surface area contributed by atoms with E-state index in [2.05, 4.69) is 36.9 Å². The lowest BCUT2D eigenvalue weighted by atomic mass is 10.00. The number of amides is 6. The van der Waals surface area contributed by atoms with Crippen molar-refractivity contribution in [3.8, 4) is 0 Å². The summed E-state index contributed by atoms with van der Waals surface area (Å²) in [4.78, 5) is 105. The number of hydrogen-bond donors (Lipinski definition) is 13. The number of rotatable bonds is 26. The van der Waals surface area contributed by atoms with Crippen molar-refractivity contribution >= 4 is 53.3 Å². The highest BCUT2D eigenvalue weighted by atomic mass is 16.4. The number of aliphatic hydroxyl groups is 2. The van der Waals surface area contributed by atoms with E-state index in [9.17, 15) is 58.8 Å². The van der Waals surface area contributed by atoms with E-state index in [1.807, 2.05) is 0 Å². The lowest BCUT2D eigenvalue weighted by molar-refractivity contribution is -0.143. The van der Waals surface area contributed by atoms with Crippen LogP contribution in [-0.4, -0.2) is 135 Å². The molecule has 0 aromatic carbocycles. The number of aliphatic hydroxyl groups excluding tert-OH is 2. The Morgan fingerprint density at radius 3 is 1.60 bits per heavy atom. The summed E-state index contributed by atoms with van der Waals surface area (Å²) in [6.45, 7) is 8.75. The number of carbonyl (C=O) groups is 8. The van der Waals surface area contributed by atoms with E-state index in [4.69, 9.17) is 17.2 Å². The molecule has 0 aromatic heterocycles. The molecule has 0 aromatic rings. The van der Waals surface area contributed by atoms with Crippen molar-refractivity contribution in [3.05, 3.63) is 0 Å². The average Bonchev–Trinajstić information content (AvgIpc) is 3.06. The second kappa shape index (κ2) is 25.1. The van der Waals surface area contributed by atoms with Crippen LogP contribution in [-0.2, 0) is 38.4 Å². The summed E-state index contributed by atoms with van der Waals surface area (Å²) >= 11 is 0. The van der Waals surface area contributed by atoms with Gasteiger partial charge < -0.3 is 69.5 Å². The van der Waals surface area contributed by atoms with Crippen LogP contribution < -0.4 is 49.1 Å². The van der Waals surface area contributed by atoms with Crippen LogP contribution in [0.3, 0.4) is 0 Å². The molecular formula is C33H60N10O12. The molecule has 0 radical (unpaired) electrons. The first-order valence-electron chi connectivity index (χ1n) is 17.9. The van der Waals surface area contributed by atoms with Gasteiger partial charge in [-0.25, -0.2) is 4.79 Å². The van der Waals surface area contributed by atoms with Crippen molar-refractivity contribution < 1.29 is 58.8 Å². The van der Waals surface area contributed by atoms with Crippen molar-refractivity contribution in [2.45, 2.75) is 129 Å². The standard InChI is InChI=1S/C33H60N10O12/c1-15(2)12-21(29(51)41-22(32(54)55)13-16(3)4)40-28(50)20(9-10-24(47)48)39-31(53)26(18(6)45)42-23(46)14-38-30(52)25(17(5)44)43-27(49)19(34)8-7-11-37-33(35)36/h15-22,25-26,44-45H,7-14,34H2,1-6H3,(H,38,52)(H,39,53)(H,40,50)(H,41,51)(H,42,46)(H,43,49)(H,47,48)(H,54,55)(H4,35,36,37)/t17-,18-,19+,20+,21+,22+,25+,26+/m1/s1. The molecule has 8 atom stereocenters. The van der Waals surface area contributed by atoms with Crippen molar-refractivity contribution in [1.29, 1.82) is 0 Å². The van der Waals surface area contributed by atoms with Crippen LogP contribution in [0.4, 0.5) is 0 Å². The van der Waals surface area contributed by atoms with Gasteiger partial charge in [-0.15, -0.1) is 0 Å². The quantitative estimate of drug-likeness (QED) is 0.0224. The Morgan fingerprint density at radius 1 is 0.618 bits per heavy atom. The summed E-state index contributed by atoms with van der Waals surface area (Å²) in [5.41, 5.74) is 16.3. The average molecular weight is 789 g/mol. The van der Waals surface area contributed by atoms with Crippen LogP contribution in [0.15, 0.2) is 4.99 Å². The van der Waals surface area contributed by atoms with Gasteiger partial charge in [-0.3, -0.25) is 38.6 Å². The predicted octanol–water partition coefficient (Wildman–Crippen LogP) is -4.29. The highest BCUT2D eigenvalue weighted by Crippen LogP contribution is 2.10. The van der Waals surface area contributed by atoms with E-state index in [-0.39, 0.29) is 43.6 Å². The minimum Gasteiger partial charge on any atom is -0.481 e. The summed E-state index contributed by atoms with van der Waals surface area (Å²) in [5, 5.41) is 53.1. The fourth-order valence-corrected chi connectivity index (χ4v) is 4.96. The molecule has 314 valence electrons. The second-order valence-electron chi connectivity index (χ2n) is 14.0. The van der Waals surface area contributed by atoms with Crippen molar-refractivity contribution in [2.24, 2.45) is 34.0 Å². The first-order chi connectivity index (χ1) is 25.5. The lowest BCUT2D eigenvalue weighted by Gasteiger charge is -2.27. The SMILES string of the molecule is CC(C)C[C@H](NC(=O)[C@H](CC(C)C)NC(=O)[C@H](CCC(=O)O)NC(=O)[C@@H](NC(=O)CNC(=O)[C@@H](NC(=O)[C@@H](N)CCCN=C(N)N)[C@@H](C)O)[C@@H](C)O)C(=O)O. The largest absolute Gasteiger partial charge is 0.481 e. The number of carboxylic acids is 2. The highest BCUT2D eigenvalue weighted by molar-refractivity contribution is 5.96. The molecule has 0 fully saturated rings. The molecule has 0 saturated heterocycles. The maximum atomic E-state index is 13.4. The number of aliphatic carboxylic acids is 2. The van der Waals surface area contributed by atoms with Crippen LogP contribution in [0.5, 0.6) is 0 Å². The Kier molecular flexibility index (Phi) is 22.8. The van der Waals surface area contributed by atoms with Crippen molar-refractivity contribution in [2.75, 3.05) is 13.1 Å². The second-order valence-corrected chi connectivity index (χ2v) is 14.0. The van der Waals surface area contributed by atoms with E-state index in [0.717, 1.165) is 6.92 Å². The van der Waals surface area contributed by atoms with Gasteiger partial charge in [-0.1, -0.05) is 27.7 Å². The van der Waals surface area contributed by atoms with Crippen molar-refractivity contribution in [3.63, 3.8) is 0 Å². The van der Waals surface area contributed by atoms with Gasteiger partial charge in [-0.05, 0) is 57.8 Å². The van der Waals surface area contributed by atoms with Gasteiger partial charge in [0.05, 0.1) is 24.8 Å². The summed E-state index contributed by atoms with van der Waals surface area (Å²) in [6.07, 6.45) is -3.48. The van der Waals surface area contributed by atoms with E-state index >= 15 is 0 Å². The van der Waals surface area contributed by atoms with E-state index in [0.29, 0.717) is 6.42 Å². The molecule has 6 amide bonds. The number of aliphatic imine (C=N–C) groups is 1. The van der Waals surface area contributed by atoms with E-state index < -0.39 is 115 Å². The molecule has 0 heterocycles. The van der Waals surface area contributed by atoms with Gasteiger partial charge in [0.25, 0.3) is 0 Å². The molecule has 0 bridgehead atoms. The summed E-state index contributed by atoms with van der Waals surface area (Å²) in [7, 11) is 0. The minimum atomic E-state index is -1.74. The molecule has 0 unspecified atom stereocenters. The molecule has 55 heavy (non-hydrogen) atoms. The smallest absolute Gasteiger partial charge is 0.326 e. The Hall–Kier alpha value is -5.09. The monoisotopic (exact) mass is 788 g/mol. The number of nitrogens with zero attached hydrogens (tertiary/aromatic N) is 1. The van der Waals surface area contributed by atoms with Gasteiger partial charge in [0.15, 0.2) is 5.96 Å². The van der Waals surface area contributed by atoms with Crippen LogP contribution >= 0.6 is 0 Å². The molecular weight excluding hydrogens is 728 g/mol. The zero-order valence-corrected chi connectivity index (χ0v) is 32.2. The van der Waals surface area contributed by atoms with Gasteiger partial charge in [0.1, 0.15) is 30.2 Å².